The molecule has 1 saturated heterocycles. The van der Waals surface area contributed by atoms with Crippen LogP contribution in [-0.2, 0) is 11.2 Å². The van der Waals surface area contributed by atoms with Gasteiger partial charge in [0.15, 0.2) is 0 Å². The van der Waals surface area contributed by atoms with Crippen molar-refractivity contribution in [2.45, 2.75) is 32.2 Å². The van der Waals surface area contributed by atoms with Gasteiger partial charge in [-0.15, -0.1) is 0 Å². The fraction of sp³-hybridized carbons (Fsp3) is 0.533. The number of halogens is 1. The van der Waals surface area contributed by atoms with Crippen LogP contribution in [0.1, 0.15) is 25.3 Å². The molecule has 2 rings (SSSR count). The Kier molecular flexibility index (Phi) is 5.40. The fourth-order valence-corrected chi connectivity index (χ4v) is 2.94. The number of piperazine rings is 1. The van der Waals surface area contributed by atoms with Crippen LogP contribution in [0, 0.1) is 0 Å². The van der Waals surface area contributed by atoms with Crippen molar-refractivity contribution >= 4 is 21.8 Å². The van der Waals surface area contributed by atoms with Gasteiger partial charge in [0.05, 0.1) is 0 Å². The molecule has 1 amide bonds. The van der Waals surface area contributed by atoms with Crippen molar-refractivity contribution in [2.75, 3.05) is 19.6 Å². The highest BCUT2D eigenvalue weighted by atomic mass is 79.9. The van der Waals surface area contributed by atoms with E-state index in [0.29, 0.717) is 18.4 Å². The topological polar surface area (TPSA) is 32.3 Å². The molecule has 0 aliphatic carbocycles. The van der Waals surface area contributed by atoms with Gasteiger partial charge in [-0.05, 0) is 37.5 Å². The van der Waals surface area contributed by atoms with Gasteiger partial charge in [-0.1, -0.05) is 28.1 Å². The van der Waals surface area contributed by atoms with Crippen LogP contribution in [0.2, 0.25) is 0 Å². The first-order chi connectivity index (χ1) is 9.16. The van der Waals surface area contributed by atoms with E-state index in [-0.39, 0.29) is 0 Å². The standard InChI is InChI=1S/C15H21BrN2O/c1-12-11-17-8-9-18(12)15(19)7-3-5-13-4-2-6-14(16)10-13/h2,4,6,10,12,17H,3,5,7-9,11H2,1H3. The summed E-state index contributed by atoms with van der Waals surface area (Å²) in [4.78, 5) is 14.2. The van der Waals surface area contributed by atoms with Crippen LogP contribution >= 0.6 is 15.9 Å². The minimum Gasteiger partial charge on any atom is -0.337 e. The monoisotopic (exact) mass is 324 g/mol. The number of hydrogen-bond acceptors (Lipinski definition) is 2. The van der Waals surface area contributed by atoms with E-state index in [1.54, 1.807) is 0 Å². The molecule has 1 aliphatic rings. The van der Waals surface area contributed by atoms with Gasteiger partial charge >= 0.3 is 0 Å². The highest BCUT2D eigenvalue weighted by Gasteiger charge is 2.22. The summed E-state index contributed by atoms with van der Waals surface area (Å²) in [7, 11) is 0. The lowest BCUT2D eigenvalue weighted by Gasteiger charge is -2.34. The van der Waals surface area contributed by atoms with Crippen molar-refractivity contribution in [3.05, 3.63) is 34.3 Å². The number of carbonyl (C=O) groups excluding carboxylic acids is 1. The van der Waals surface area contributed by atoms with E-state index in [1.807, 2.05) is 17.0 Å². The first-order valence-electron chi connectivity index (χ1n) is 6.91. The smallest absolute Gasteiger partial charge is 0.222 e. The Labute approximate surface area is 123 Å². The van der Waals surface area contributed by atoms with Gasteiger partial charge < -0.3 is 10.2 Å². The first kappa shape index (κ1) is 14.5. The molecule has 1 fully saturated rings. The number of carbonyl (C=O) groups is 1. The first-order valence-corrected chi connectivity index (χ1v) is 7.71. The van der Waals surface area contributed by atoms with Crippen LogP contribution < -0.4 is 5.32 Å². The molecule has 19 heavy (non-hydrogen) atoms. The molecule has 1 aromatic carbocycles. The van der Waals surface area contributed by atoms with Crippen LogP contribution in [0.3, 0.4) is 0 Å². The summed E-state index contributed by atoms with van der Waals surface area (Å²) in [6, 6.07) is 8.63. The van der Waals surface area contributed by atoms with Gasteiger partial charge in [0.1, 0.15) is 0 Å². The second kappa shape index (κ2) is 7.06. The second-order valence-electron chi connectivity index (χ2n) is 5.12. The van der Waals surface area contributed by atoms with Crippen LogP contribution in [-0.4, -0.2) is 36.5 Å². The van der Waals surface area contributed by atoms with Gasteiger partial charge in [-0.25, -0.2) is 0 Å². The molecule has 0 radical (unpaired) electrons. The molecule has 1 aliphatic heterocycles. The van der Waals surface area contributed by atoms with Crippen LogP contribution in [0.25, 0.3) is 0 Å². The van der Waals surface area contributed by atoms with E-state index in [2.05, 4.69) is 40.3 Å². The predicted molar refractivity (Wildman–Crippen MR) is 81.1 cm³/mol. The highest BCUT2D eigenvalue weighted by Crippen LogP contribution is 2.14. The number of nitrogens with zero attached hydrogens (tertiary/aromatic N) is 1. The summed E-state index contributed by atoms with van der Waals surface area (Å²) in [5, 5.41) is 3.31. The summed E-state index contributed by atoms with van der Waals surface area (Å²) in [6.07, 6.45) is 2.54. The average molecular weight is 325 g/mol. The second-order valence-corrected chi connectivity index (χ2v) is 6.04. The van der Waals surface area contributed by atoms with Gasteiger partial charge in [0.25, 0.3) is 0 Å². The molecule has 3 nitrogen and oxygen atoms in total. The molecule has 1 N–H and O–H groups in total. The minimum atomic E-state index is 0.295. The summed E-state index contributed by atoms with van der Waals surface area (Å²) in [6.45, 7) is 4.79. The molecule has 1 heterocycles. The van der Waals surface area contributed by atoms with Crippen molar-refractivity contribution in [1.29, 1.82) is 0 Å². The Hall–Kier alpha value is -0.870. The van der Waals surface area contributed by atoms with Crippen LogP contribution in [0.5, 0.6) is 0 Å². The Morgan fingerprint density at radius 1 is 1.53 bits per heavy atom. The molecule has 4 heteroatoms. The minimum absolute atomic E-state index is 0.295. The van der Waals surface area contributed by atoms with Gasteiger partial charge in [0.2, 0.25) is 5.91 Å². The lowest BCUT2D eigenvalue weighted by molar-refractivity contribution is -0.134. The maximum absolute atomic E-state index is 12.2. The van der Waals surface area contributed by atoms with Crippen molar-refractivity contribution in [2.24, 2.45) is 0 Å². The van der Waals surface area contributed by atoms with E-state index in [0.717, 1.165) is 36.9 Å². The summed E-state index contributed by atoms with van der Waals surface area (Å²) in [5.74, 6) is 0.295. The maximum Gasteiger partial charge on any atom is 0.222 e. The third-order valence-corrected chi connectivity index (χ3v) is 4.06. The lowest BCUT2D eigenvalue weighted by atomic mass is 10.1. The van der Waals surface area contributed by atoms with Gasteiger partial charge in [0, 0.05) is 36.6 Å². The number of nitrogens with one attached hydrogen (secondary N) is 1. The Morgan fingerprint density at radius 2 is 2.37 bits per heavy atom. The van der Waals surface area contributed by atoms with Gasteiger partial charge in [-0.2, -0.15) is 0 Å². The highest BCUT2D eigenvalue weighted by molar-refractivity contribution is 9.10. The van der Waals surface area contributed by atoms with Crippen LogP contribution in [0.15, 0.2) is 28.7 Å². The molecular formula is C15H21BrN2O. The largest absolute Gasteiger partial charge is 0.337 e. The quantitative estimate of drug-likeness (QED) is 0.923. The Morgan fingerprint density at radius 3 is 3.11 bits per heavy atom. The zero-order valence-electron chi connectivity index (χ0n) is 11.4. The van der Waals surface area contributed by atoms with Gasteiger partial charge in [-0.3, -0.25) is 4.79 Å². The van der Waals surface area contributed by atoms with E-state index < -0.39 is 0 Å². The molecule has 0 saturated carbocycles. The van der Waals surface area contributed by atoms with E-state index in [9.17, 15) is 4.79 Å². The zero-order valence-corrected chi connectivity index (χ0v) is 12.9. The summed E-state index contributed by atoms with van der Waals surface area (Å²) in [5.41, 5.74) is 1.29. The molecule has 1 atom stereocenters. The number of aryl methyl sites for hydroxylation is 1. The fourth-order valence-electron chi connectivity index (χ4n) is 2.49. The van der Waals surface area contributed by atoms with Crippen molar-refractivity contribution in [3.63, 3.8) is 0 Å². The summed E-state index contributed by atoms with van der Waals surface area (Å²) < 4.78 is 1.10. The molecule has 0 bridgehead atoms. The number of benzene rings is 1. The third-order valence-electron chi connectivity index (χ3n) is 3.57. The molecular weight excluding hydrogens is 304 g/mol. The molecule has 0 aromatic heterocycles. The van der Waals surface area contributed by atoms with E-state index in [1.165, 1.54) is 5.56 Å². The molecule has 104 valence electrons. The molecule has 1 unspecified atom stereocenters. The predicted octanol–water partition coefficient (Wildman–Crippen LogP) is 2.59. The van der Waals surface area contributed by atoms with Crippen molar-refractivity contribution in [3.8, 4) is 0 Å². The van der Waals surface area contributed by atoms with Crippen LogP contribution in [0.4, 0.5) is 0 Å². The molecule has 0 spiro atoms. The Balaban J connectivity index is 1.77. The number of rotatable bonds is 4. The SMILES string of the molecule is CC1CNCCN1C(=O)CCCc1cccc(Br)c1. The normalized spacial score (nSPS) is 19.5. The molecule has 1 aromatic rings. The number of hydrogen-bond donors (Lipinski definition) is 1. The zero-order chi connectivity index (χ0) is 13.7. The Bertz CT molecular complexity index is 436. The number of amides is 1. The summed E-state index contributed by atoms with van der Waals surface area (Å²) >= 11 is 3.47. The van der Waals surface area contributed by atoms with Crippen molar-refractivity contribution < 1.29 is 4.79 Å². The van der Waals surface area contributed by atoms with E-state index >= 15 is 0 Å². The maximum atomic E-state index is 12.2. The third kappa shape index (κ3) is 4.32. The van der Waals surface area contributed by atoms with E-state index in [4.69, 9.17) is 0 Å². The average Bonchev–Trinajstić information content (AvgIpc) is 2.39. The van der Waals surface area contributed by atoms with Crippen molar-refractivity contribution in [1.82, 2.24) is 10.2 Å². The lowest BCUT2D eigenvalue weighted by Crippen LogP contribution is -2.52.